The number of aromatic nitrogens is 1. The molecule has 0 bridgehead atoms. The van der Waals surface area contributed by atoms with E-state index in [1.54, 1.807) is 135 Å². The molecule has 3 aliphatic rings. The number of carbonyl (C=O) groups is 2. The second-order valence-electron chi connectivity index (χ2n) is 26.5. The Balaban J connectivity index is 0.790. The summed E-state index contributed by atoms with van der Waals surface area (Å²) in [5.74, 6) is -20.2. The fourth-order valence-corrected chi connectivity index (χ4v) is 18.1. The molecule has 542 valence electrons. The zero-order valence-electron chi connectivity index (χ0n) is 58.6. The number of alkyl halides is 12. The molecule has 6 aromatic carbocycles. The number of thiophene rings is 4. The number of amides is 2. The third kappa shape index (κ3) is 12.2. The van der Waals surface area contributed by atoms with Crippen LogP contribution in [0.2, 0.25) is 0 Å². The Bertz CT molecular complexity index is 5480. The van der Waals surface area contributed by atoms with Crippen LogP contribution in [0.5, 0.6) is 11.5 Å². The van der Waals surface area contributed by atoms with Gasteiger partial charge in [0.15, 0.2) is 0 Å². The molecule has 1 saturated heterocycles. The van der Waals surface area contributed by atoms with Crippen LogP contribution >= 0.6 is 45.3 Å². The summed E-state index contributed by atoms with van der Waals surface area (Å²) in [4.78, 5) is 32.3. The van der Waals surface area contributed by atoms with E-state index >= 15 is 52.7 Å². The molecule has 0 radical (unpaired) electrons. The average molecular weight is 1530 g/mol. The Morgan fingerprint density at radius 2 is 0.776 bits per heavy atom. The maximum Gasteiger partial charge on any atom is 0.380 e. The molecular formula is C85H60F12N2O4S4. The minimum atomic E-state index is -5.78. The van der Waals surface area contributed by atoms with Crippen molar-refractivity contribution in [3.8, 4) is 76.9 Å². The smallest absolute Gasteiger partial charge is 0.380 e. The predicted octanol–water partition coefficient (Wildman–Crippen LogP) is 23.4. The summed E-state index contributed by atoms with van der Waals surface area (Å²) in [5, 5.41) is 0.978. The van der Waals surface area contributed by atoms with E-state index < -0.39 is 91.9 Å². The summed E-state index contributed by atoms with van der Waals surface area (Å²) >= 11 is 3.94. The molecule has 107 heavy (non-hydrogen) atoms. The second kappa shape index (κ2) is 26.8. The van der Waals surface area contributed by atoms with E-state index in [2.05, 4.69) is 23.7 Å². The number of ether oxygens (including phenoxy) is 2. The van der Waals surface area contributed by atoms with Gasteiger partial charge in [0.2, 0.25) is 0 Å². The van der Waals surface area contributed by atoms with E-state index in [0.29, 0.717) is 86.7 Å². The predicted molar refractivity (Wildman–Crippen MR) is 402 cm³/mol. The Morgan fingerprint density at radius 3 is 1.11 bits per heavy atom. The first-order chi connectivity index (χ1) is 50.6. The molecule has 0 spiro atoms. The Kier molecular flexibility index (Phi) is 18.4. The first-order valence-corrected chi connectivity index (χ1v) is 36.5. The number of likely N-dealkylation sites (tertiary alicyclic amines) is 1. The molecule has 5 aromatic heterocycles. The number of rotatable bonds is 13. The third-order valence-corrected chi connectivity index (χ3v) is 24.0. The number of methoxy groups -OCH3 is 2. The maximum absolute atomic E-state index is 16.3. The van der Waals surface area contributed by atoms with Gasteiger partial charge in [0.25, 0.3) is 11.8 Å². The highest BCUT2D eigenvalue weighted by molar-refractivity contribution is 7.16. The molecular weight excluding hydrogens is 1470 g/mol. The summed E-state index contributed by atoms with van der Waals surface area (Å²) in [6.45, 7) is 10.9. The monoisotopic (exact) mass is 1530 g/mol. The summed E-state index contributed by atoms with van der Waals surface area (Å²) in [7, 11) is 4.81. The van der Waals surface area contributed by atoms with Gasteiger partial charge in [0.1, 0.15) is 11.5 Å². The summed E-state index contributed by atoms with van der Waals surface area (Å²) in [6.07, 6.45) is 1.73. The van der Waals surface area contributed by atoms with Crippen molar-refractivity contribution in [3.63, 3.8) is 0 Å². The molecule has 0 saturated carbocycles. The van der Waals surface area contributed by atoms with Crippen molar-refractivity contribution in [3.05, 3.63) is 261 Å². The molecule has 1 aliphatic heterocycles. The maximum atomic E-state index is 16.3. The van der Waals surface area contributed by atoms with E-state index in [4.69, 9.17) is 9.47 Å². The van der Waals surface area contributed by atoms with E-state index in [0.717, 1.165) is 72.4 Å². The molecule has 11 aromatic rings. The van der Waals surface area contributed by atoms with Crippen LogP contribution in [-0.2, 0) is 23.2 Å². The number of hydrogen-bond donors (Lipinski definition) is 0. The van der Waals surface area contributed by atoms with Crippen LogP contribution in [0.3, 0.4) is 0 Å². The zero-order chi connectivity index (χ0) is 76.5. The van der Waals surface area contributed by atoms with Gasteiger partial charge < -0.3 is 14.0 Å². The van der Waals surface area contributed by atoms with Crippen molar-refractivity contribution in [2.45, 2.75) is 90.5 Å². The molecule has 2 aliphatic carbocycles. The molecule has 6 nitrogen and oxygen atoms in total. The zero-order valence-corrected chi connectivity index (χ0v) is 61.8. The van der Waals surface area contributed by atoms with Crippen molar-refractivity contribution in [1.29, 1.82) is 0 Å². The summed E-state index contributed by atoms with van der Waals surface area (Å²) in [5.41, 5.74) is 0.167. The third-order valence-electron chi connectivity index (χ3n) is 19.6. The number of para-hydroxylation sites is 1. The largest absolute Gasteiger partial charge is 0.497 e. The van der Waals surface area contributed by atoms with Crippen molar-refractivity contribution in [2.75, 3.05) is 14.2 Å². The molecule has 6 heterocycles. The van der Waals surface area contributed by atoms with Crippen LogP contribution in [0, 0.1) is 58.3 Å². The number of halogens is 12. The van der Waals surface area contributed by atoms with E-state index in [1.165, 1.54) is 66.2 Å². The molecule has 22 heteroatoms. The van der Waals surface area contributed by atoms with Gasteiger partial charge in [-0.15, -0.1) is 45.3 Å². The van der Waals surface area contributed by atoms with Crippen molar-refractivity contribution < 1.29 is 71.7 Å². The van der Waals surface area contributed by atoms with Gasteiger partial charge in [0.05, 0.1) is 31.9 Å². The van der Waals surface area contributed by atoms with E-state index in [1.807, 2.05) is 42.8 Å². The van der Waals surface area contributed by atoms with E-state index in [9.17, 15) is 9.59 Å². The fourth-order valence-electron chi connectivity index (χ4n) is 14.0. The van der Waals surface area contributed by atoms with Gasteiger partial charge >= 0.3 is 35.5 Å². The first kappa shape index (κ1) is 73.5. The quantitative estimate of drug-likeness (QED) is 0.0499. The lowest BCUT2D eigenvalue weighted by Crippen LogP contribution is -2.48. The SMILES string of the molecule is COc1ccc(-c2cc(C3=C(c4cc(-c5ccc(C#Cc6cc(C#Cc7ccc(-c8cc(C9=C(c%10cc(-c%11ccc(OC)cc%11)sc%10C)C(F)(F)C(F)(F)C9(F)F)c(C)s8)cc7)cc(CN7C(=O)C(=C(C)C)/C(=C/c8c(C)c9ccccc9n8C)C7=O)c6)cc5)sc4C)C(F)(F)C(F)(F)C3(F)F)c(C)s2)cc1. The molecule has 0 atom stereocenters. The standard InChI is InChI=1S/C85H60F12N2O4S4/c1-44(2)73-66(38-68-45(3)61-13-11-12-14-67(61)98(68)8)78(100)99(79(73)101)43-54-36-52(17-15-50-19-23-55(24-20-50)69-39-62(46(4)104-69)74-76(82(90,91)84(94,95)80(74,86)87)64-41-71(106-48(64)6)57-27-31-59(102-9)32-28-57)35-53(37-54)18-16-51-21-25-56(26-22-51)70-40-63(47(5)105-70)75-77(83(92,93)85(96,97)81(75,88)89)65-42-72(107-49(65)7)58-29-33-60(103-10)34-30-58/h11-14,19-42H,43H2,1-10H3/b66-38-. The number of benzene rings is 6. The normalized spacial score (nSPS) is 17.2. The minimum Gasteiger partial charge on any atom is -0.497 e. The number of hydrogen-bond acceptors (Lipinski definition) is 8. The fraction of sp³-hybridized carbons (Fsp3) is 0.200. The van der Waals surface area contributed by atoms with Gasteiger partial charge in [-0.3, -0.25) is 14.5 Å². The lowest BCUT2D eigenvalue weighted by Gasteiger charge is -2.25. The van der Waals surface area contributed by atoms with Crippen LogP contribution in [0.1, 0.15) is 94.7 Å². The Labute approximate surface area is 623 Å². The molecule has 2 amide bonds. The number of fused-ring (bicyclic) bond motifs is 1. The van der Waals surface area contributed by atoms with Gasteiger partial charge in [-0.05, 0) is 232 Å². The number of allylic oxidation sites excluding steroid dienone is 5. The average Bonchev–Trinajstić information content (AvgIpc) is 1.53. The van der Waals surface area contributed by atoms with Crippen LogP contribution < -0.4 is 9.47 Å². The van der Waals surface area contributed by atoms with Crippen molar-refractivity contribution >= 4 is 96.4 Å². The molecule has 1 fully saturated rings. The van der Waals surface area contributed by atoms with Gasteiger partial charge in [-0.1, -0.05) is 71.7 Å². The lowest BCUT2D eigenvalue weighted by atomic mass is 9.94. The topological polar surface area (TPSA) is 60.8 Å². The Hall–Kier alpha value is -10.4. The Morgan fingerprint density at radius 1 is 0.439 bits per heavy atom. The van der Waals surface area contributed by atoms with Crippen LogP contribution in [0.15, 0.2) is 181 Å². The number of imide groups is 1. The first-order valence-electron chi connectivity index (χ1n) is 33.3. The minimum absolute atomic E-state index is 0.0961. The van der Waals surface area contributed by atoms with Gasteiger partial charge in [-0.2, -0.15) is 52.7 Å². The van der Waals surface area contributed by atoms with Crippen LogP contribution in [0.25, 0.3) is 81.0 Å². The van der Waals surface area contributed by atoms with Gasteiger partial charge in [0, 0.05) is 107 Å². The van der Waals surface area contributed by atoms with Crippen molar-refractivity contribution in [2.24, 2.45) is 7.05 Å². The highest BCUT2D eigenvalue weighted by Crippen LogP contribution is 2.68. The number of carbonyl (C=O) groups excluding carboxylic acids is 2. The highest BCUT2D eigenvalue weighted by atomic mass is 32.1. The number of aryl methyl sites for hydroxylation is 6. The summed E-state index contributed by atoms with van der Waals surface area (Å²) in [6, 6.07) is 43.9. The summed E-state index contributed by atoms with van der Waals surface area (Å²) < 4.78 is 205. The highest BCUT2D eigenvalue weighted by Gasteiger charge is 2.82. The second-order valence-corrected chi connectivity index (χ2v) is 31.5. The molecule has 0 N–H and O–H groups in total. The van der Waals surface area contributed by atoms with Gasteiger partial charge in [-0.25, -0.2) is 0 Å². The van der Waals surface area contributed by atoms with Crippen LogP contribution in [-0.4, -0.2) is 71.0 Å². The van der Waals surface area contributed by atoms with Crippen LogP contribution in [0.4, 0.5) is 52.7 Å². The molecule has 0 unspecified atom stereocenters. The molecule has 14 rings (SSSR count). The van der Waals surface area contributed by atoms with E-state index in [-0.39, 0.29) is 37.2 Å². The number of nitrogens with zero attached hydrogens (tertiary/aromatic N) is 2. The lowest BCUT2D eigenvalue weighted by molar-refractivity contribution is -0.254. The van der Waals surface area contributed by atoms with Crippen molar-refractivity contribution in [1.82, 2.24) is 9.47 Å².